The zero-order chi connectivity index (χ0) is 9.68. The second kappa shape index (κ2) is 4.80. The van der Waals surface area contributed by atoms with Gasteiger partial charge in [-0.2, -0.15) is 0 Å². The zero-order valence-corrected chi connectivity index (χ0v) is 8.21. The number of unbranched alkanes of at least 4 members (excludes halogenated alkanes) is 1. The Hall–Kier alpha value is -1.12. The lowest BCUT2D eigenvalue weighted by Gasteiger charge is -2.06. The molecular weight excluding hydrogens is 163 g/mol. The third kappa shape index (κ3) is 3.01. The topological polar surface area (TPSA) is 29.5 Å². The standard InChI is InChI=1S/C10H15BO2/c1-2-3-6-13-8-4-5-10(12)9(11)7-8/h4-5,7,12H,2-3,6,11H2,1H3. The monoisotopic (exact) mass is 178 g/mol. The average molecular weight is 178 g/mol. The third-order valence-corrected chi connectivity index (χ3v) is 1.93. The Balaban J connectivity index is 2.53. The summed E-state index contributed by atoms with van der Waals surface area (Å²) in [4.78, 5) is 0. The van der Waals surface area contributed by atoms with Gasteiger partial charge in [0.05, 0.1) is 6.61 Å². The number of phenolic OH excluding ortho intramolecular Hbond substituents is 1. The first kappa shape index (κ1) is 9.97. The Morgan fingerprint density at radius 2 is 2.23 bits per heavy atom. The van der Waals surface area contributed by atoms with Crippen LogP contribution in [0.3, 0.4) is 0 Å². The summed E-state index contributed by atoms with van der Waals surface area (Å²) >= 11 is 0. The molecule has 1 rings (SSSR count). The van der Waals surface area contributed by atoms with Gasteiger partial charge in [0.2, 0.25) is 0 Å². The van der Waals surface area contributed by atoms with Gasteiger partial charge in [-0.05, 0) is 30.1 Å². The van der Waals surface area contributed by atoms with Crippen molar-refractivity contribution in [3.8, 4) is 11.5 Å². The summed E-state index contributed by atoms with van der Waals surface area (Å²) in [5.74, 6) is 1.16. The van der Waals surface area contributed by atoms with Gasteiger partial charge in [-0.3, -0.25) is 0 Å². The van der Waals surface area contributed by atoms with E-state index in [2.05, 4.69) is 6.92 Å². The number of hydrogen-bond donors (Lipinski definition) is 1. The molecule has 13 heavy (non-hydrogen) atoms. The molecule has 0 atom stereocenters. The smallest absolute Gasteiger partial charge is 0.144 e. The van der Waals surface area contributed by atoms with Crippen LogP contribution in [0.25, 0.3) is 0 Å². The van der Waals surface area contributed by atoms with E-state index < -0.39 is 0 Å². The van der Waals surface area contributed by atoms with Crippen molar-refractivity contribution in [3.63, 3.8) is 0 Å². The molecule has 3 heteroatoms. The Kier molecular flexibility index (Phi) is 3.68. The minimum atomic E-state index is 0.322. The van der Waals surface area contributed by atoms with E-state index in [1.54, 1.807) is 12.1 Å². The van der Waals surface area contributed by atoms with Crippen LogP contribution in [0.4, 0.5) is 0 Å². The molecule has 1 N–H and O–H groups in total. The van der Waals surface area contributed by atoms with Gasteiger partial charge in [-0.1, -0.05) is 13.3 Å². The molecule has 1 aromatic rings. The van der Waals surface area contributed by atoms with Crippen molar-refractivity contribution >= 4 is 13.3 Å². The van der Waals surface area contributed by atoms with Gasteiger partial charge in [-0.15, -0.1) is 0 Å². The van der Waals surface area contributed by atoms with Gasteiger partial charge < -0.3 is 9.84 Å². The van der Waals surface area contributed by atoms with Crippen LogP contribution >= 0.6 is 0 Å². The van der Waals surface area contributed by atoms with Gasteiger partial charge in [-0.25, -0.2) is 0 Å². The van der Waals surface area contributed by atoms with Crippen LogP contribution in [0.15, 0.2) is 18.2 Å². The van der Waals surface area contributed by atoms with E-state index in [9.17, 15) is 5.11 Å². The first-order chi connectivity index (χ1) is 6.24. The van der Waals surface area contributed by atoms with Gasteiger partial charge >= 0.3 is 0 Å². The summed E-state index contributed by atoms with van der Waals surface area (Å²) in [5, 5.41) is 9.26. The molecule has 0 saturated heterocycles. The normalized spacial score (nSPS) is 9.92. The lowest BCUT2D eigenvalue weighted by Crippen LogP contribution is -2.04. The molecule has 0 aliphatic heterocycles. The maximum atomic E-state index is 9.26. The van der Waals surface area contributed by atoms with E-state index in [4.69, 9.17) is 4.74 Å². The van der Waals surface area contributed by atoms with Gasteiger partial charge in [0.15, 0.2) is 0 Å². The quantitative estimate of drug-likeness (QED) is 0.546. The van der Waals surface area contributed by atoms with E-state index in [1.807, 2.05) is 13.9 Å². The van der Waals surface area contributed by atoms with Crippen molar-refractivity contribution in [2.45, 2.75) is 19.8 Å². The Morgan fingerprint density at radius 1 is 1.46 bits per heavy atom. The second-order valence-corrected chi connectivity index (χ2v) is 3.15. The lowest BCUT2D eigenvalue weighted by atomic mass is 9.95. The molecule has 0 radical (unpaired) electrons. The van der Waals surface area contributed by atoms with Gasteiger partial charge in [0.25, 0.3) is 0 Å². The number of hydrogen-bond acceptors (Lipinski definition) is 2. The highest BCUT2D eigenvalue weighted by Gasteiger charge is 1.97. The minimum absolute atomic E-state index is 0.322. The predicted molar refractivity (Wildman–Crippen MR) is 56.7 cm³/mol. The SMILES string of the molecule is Bc1cc(OCCCC)ccc1O. The minimum Gasteiger partial charge on any atom is -0.509 e. The molecule has 0 unspecified atom stereocenters. The summed E-state index contributed by atoms with van der Waals surface area (Å²) < 4.78 is 5.47. The highest BCUT2D eigenvalue weighted by atomic mass is 16.5. The van der Waals surface area contributed by atoms with Crippen LogP contribution in [-0.4, -0.2) is 19.6 Å². The van der Waals surface area contributed by atoms with Crippen molar-refractivity contribution in [2.24, 2.45) is 0 Å². The average Bonchev–Trinajstić information content (AvgIpc) is 2.12. The number of benzene rings is 1. The summed E-state index contributed by atoms with van der Waals surface area (Å²) in [7, 11) is 1.86. The van der Waals surface area contributed by atoms with Gasteiger partial charge in [0, 0.05) is 0 Å². The Labute approximate surface area is 80.0 Å². The first-order valence-electron chi connectivity index (χ1n) is 4.66. The molecule has 2 nitrogen and oxygen atoms in total. The fourth-order valence-electron chi connectivity index (χ4n) is 1.05. The van der Waals surface area contributed by atoms with Crippen LogP contribution in [0.2, 0.25) is 0 Å². The fourth-order valence-corrected chi connectivity index (χ4v) is 1.05. The molecule has 0 aromatic heterocycles. The molecule has 0 heterocycles. The first-order valence-corrected chi connectivity index (χ1v) is 4.66. The molecule has 0 aliphatic rings. The summed E-state index contributed by atoms with van der Waals surface area (Å²) in [6.45, 7) is 2.88. The van der Waals surface area contributed by atoms with E-state index >= 15 is 0 Å². The Bertz CT molecular complexity index is 274. The third-order valence-electron chi connectivity index (χ3n) is 1.93. The van der Waals surface area contributed by atoms with Crippen molar-refractivity contribution in [3.05, 3.63) is 18.2 Å². The number of aromatic hydroxyl groups is 1. The summed E-state index contributed by atoms with van der Waals surface area (Å²) in [6.07, 6.45) is 2.21. The number of phenols is 1. The molecular formula is C10H15BO2. The Morgan fingerprint density at radius 3 is 2.85 bits per heavy atom. The molecule has 0 bridgehead atoms. The maximum absolute atomic E-state index is 9.26. The van der Waals surface area contributed by atoms with Crippen molar-refractivity contribution < 1.29 is 9.84 Å². The maximum Gasteiger partial charge on any atom is 0.144 e. The van der Waals surface area contributed by atoms with Crippen LogP contribution in [-0.2, 0) is 0 Å². The highest BCUT2D eigenvalue weighted by molar-refractivity contribution is 6.34. The molecule has 0 saturated carbocycles. The predicted octanol–water partition coefficient (Wildman–Crippen LogP) is 0.829. The molecule has 1 aromatic carbocycles. The highest BCUT2D eigenvalue weighted by Crippen LogP contribution is 2.13. The largest absolute Gasteiger partial charge is 0.509 e. The number of rotatable bonds is 4. The van der Waals surface area contributed by atoms with Crippen molar-refractivity contribution in [2.75, 3.05) is 6.61 Å². The van der Waals surface area contributed by atoms with Gasteiger partial charge in [0.1, 0.15) is 19.3 Å². The molecule has 0 spiro atoms. The lowest BCUT2D eigenvalue weighted by molar-refractivity contribution is 0.309. The van der Waals surface area contributed by atoms with Crippen molar-refractivity contribution in [1.82, 2.24) is 0 Å². The molecule has 0 amide bonds. The summed E-state index contributed by atoms with van der Waals surface area (Å²) in [6, 6.07) is 5.31. The van der Waals surface area contributed by atoms with Crippen LogP contribution < -0.4 is 10.2 Å². The van der Waals surface area contributed by atoms with Crippen LogP contribution in [0, 0.1) is 0 Å². The van der Waals surface area contributed by atoms with E-state index in [1.165, 1.54) is 0 Å². The molecule has 0 fully saturated rings. The molecule has 70 valence electrons. The van der Waals surface area contributed by atoms with E-state index in [0.717, 1.165) is 30.7 Å². The zero-order valence-electron chi connectivity index (χ0n) is 8.21. The van der Waals surface area contributed by atoms with Crippen LogP contribution in [0.5, 0.6) is 11.5 Å². The van der Waals surface area contributed by atoms with E-state index in [-0.39, 0.29) is 0 Å². The summed E-state index contributed by atoms with van der Waals surface area (Å²) in [5.41, 5.74) is 0.856. The van der Waals surface area contributed by atoms with Crippen molar-refractivity contribution in [1.29, 1.82) is 0 Å². The second-order valence-electron chi connectivity index (χ2n) is 3.15. The van der Waals surface area contributed by atoms with E-state index in [0.29, 0.717) is 5.75 Å². The molecule has 0 aliphatic carbocycles. The fraction of sp³-hybridized carbons (Fsp3) is 0.400. The van der Waals surface area contributed by atoms with Crippen LogP contribution in [0.1, 0.15) is 19.8 Å². The number of ether oxygens (including phenoxy) is 1.